The number of amides is 1. The van der Waals surface area contributed by atoms with E-state index in [0.29, 0.717) is 19.3 Å². The Morgan fingerprint density at radius 1 is 1.30 bits per heavy atom. The second-order valence-electron chi connectivity index (χ2n) is 5.78. The zero-order valence-corrected chi connectivity index (χ0v) is 12.6. The summed E-state index contributed by atoms with van der Waals surface area (Å²) in [6.07, 6.45) is 2.68. The molecule has 1 aliphatic rings. The summed E-state index contributed by atoms with van der Waals surface area (Å²) in [6, 6.07) is 3.02. The largest absolute Gasteiger partial charge is 0.491 e. The fourth-order valence-electron chi connectivity index (χ4n) is 2.60. The number of carboxylic acids is 1. The van der Waals surface area contributed by atoms with Crippen molar-refractivity contribution in [3.63, 3.8) is 0 Å². The van der Waals surface area contributed by atoms with Gasteiger partial charge >= 0.3 is 5.97 Å². The van der Waals surface area contributed by atoms with Crippen molar-refractivity contribution < 1.29 is 28.2 Å². The van der Waals surface area contributed by atoms with Gasteiger partial charge in [0.1, 0.15) is 5.82 Å². The number of benzene rings is 1. The Labute approximate surface area is 132 Å². The van der Waals surface area contributed by atoms with Gasteiger partial charge in [0.05, 0.1) is 18.6 Å². The number of ether oxygens (including phenoxy) is 1. The van der Waals surface area contributed by atoms with Gasteiger partial charge in [0.2, 0.25) is 5.91 Å². The molecule has 126 valence electrons. The fraction of sp³-hybridized carbons (Fsp3) is 0.500. The number of rotatable bonds is 8. The lowest BCUT2D eigenvalue weighted by Gasteiger charge is -2.41. The van der Waals surface area contributed by atoms with E-state index in [0.717, 1.165) is 18.6 Å². The van der Waals surface area contributed by atoms with Crippen molar-refractivity contribution in [3.05, 3.63) is 29.8 Å². The number of halogens is 2. The summed E-state index contributed by atoms with van der Waals surface area (Å²) in [7, 11) is 0. The molecule has 1 aliphatic carbocycles. The van der Waals surface area contributed by atoms with Crippen LogP contribution in [0, 0.1) is 11.6 Å². The molecule has 2 N–H and O–H groups in total. The van der Waals surface area contributed by atoms with E-state index >= 15 is 0 Å². The van der Waals surface area contributed by atoms with Crippen molar-refractivity contribution in [2.75, 3.05) is 6.61 Å². The molecule has 2 rings (SSSR count). The maximum Gasteiger partial charge on any atom is 0.305 e. The molecule has 1 fully saturated rings. The Bertz CT molecular complexity index is 587. The van der Waals surface area contributed by atoms with Gasteiger partial charge in [-0.2, -0.15) is 0 Å². The van der Waals surface area contributed by atoms with Gasteiger partial charge < -0.3 is 15.2 Å². The van der Waals surface area contributed by atoms with Crippen LogP contribution in [-0.2, 0) is 9.59 Å². The summed E-state index contributed by atoms with van der Waals surface area (Å²) in [5.41, 5.74) is -0.618. The van der Waals surface area contributed by atoms with E-state index in [2.05, 4.69) is 5.32 Å². The Balaban J connectivity index is 1.71. The first-order valence-electron chi connectivity index (χ1n) is 7.51. The maximum absolute atomic E-state index is 13.3. The summed E-state index contributed by atoms with van der Waals surface area (Å²) < 4.78 is 31.2. The molecule has 0 bridgehead atoms. The van der Waals surface area contributed by atoms with E-state index in [9.17, 15) is 18.4 Å². The number of carbonyl (C=O) groups is 2. The Morgan fingerprint density at radius 2 is 2.04 bits per heavy atom. The number of nitrogens with one attached hydrogen (secondary N) is 1. The zero-order chi connectivity index (χ0) is 16.9. The molecule has 23 heavy (non-hydrogen) atoms. The smallest absolute Gasteiger partial charge is 0.305 e. The van der Waals surface area contributed by atoms with Crippen LogP contribution in [0.2, 0.25) is 0 Å². The van der Waals surface area contributed by atoms with Crippen LogP contribution in [0.3, 0.4) is 0 Å². The second kappa shape index (κ2) is 7.39. The maximum atomic E-state index is 13.3. The molecule has 0 saturated heterocycles. The van der Waals surface area contributed by atoms with E-state index in [1.807, 2.05) is 0 Å². The number of carboxylic acid groups (broad SMARTS) is 1. The highest BCUT2D eigenvalue weighted by Crippen LogP contribution is 2.35. The summed E-state index contributed by atoms with van der Waals surface area (Å²) in [5.74, 6) is -2.70. The van der Waals surface area contributed by atoms with E-state index < -0.39 is 23.1 Å². The molecule has 0 aromatic heterocycles. The summed E-state index contributed by atoms with van der Waals surface area (Å²) in [6.45, 7) is 0.113. The van der Waals surface area contributed by atoms with E-state index in [4.69, 9.17) is 9.84 Å². The standard InChI is InChI=1S/C16H19F2NO4/c17-11-4-5-13(12(18)9-11)23-8-1-3-14(20)19-16(6-2-7-16)10-15(21)22/h4-5,9H,1-3,6-8,10H2,(H,19,20)(H,21,22). The van der Waals surface area contributed by atoms with Gasteiger partial charge in [-0.1, -0.05) is 0 Å². The van der Waals surface area contributed by atoms with E-state index in [-0.39, 0.29) is 31.1 Å². The fourth-order valence-corrected chi connectivity index (χ4v) is 2.60. The van der Waals surface area contributed by atoms with E-state index in [1.54, 1.807) is 0 Å². The quantitative estimate of drug-likeness (QED) is 0.720. The van der Waals surface area contributed by atoms with Crippen molar-refractivity contribution in [1.82, 2.24) is 5.32 Å². The van der Waals surface area contributed by atoms with Crippen molar-refractivity contribution in [3.8, 4) is 5.75 Å². The van der Waals surface area contributed by atoms with E-state index in [1.165, 1.54) is 6.07 Å². The normalized spacial score (nSPS) is 15.6. The lowest BCUT2D eigenvalue weighted by atomic mass is 9.74. The third kappa shape index (κ3) is 4.91. The van der Waals surface area contributed by atoms with Crippen LogP contribution < -0.4 is 10.1 Å². The van der Waals surface area contributed by atoms with Crippen LogP contribution in [0.15, 0.2) is 18.2 Å². The second-order valence-corrected chi connectivity index (χ2v) is 5.78. The molecule has 1 amide bonds. The molecular formula is C16H19F2NO4. The number of carbonyl (C=O) groups excluding carboxylic acids is 1. The molecule has 5 nitrogen and oxygen atoms in total. The third-order valence-corrected chi connectivity index (χ3v) is 3.90. The number of hydrogen-bond donors (Lipinski definition) is 2. The van der Waals surface area contributed by atoms with Crippen molar-refractivity contribution in [2.45, 2.75) is 44.1 Å². The molecule has 7 heteroatoms. The lowest BCUT2D eigenvalue weighted by Crippen LogP contribution is -2.54. The number of hydrogen-bond acceptors (Lipinski definition) is 3. The van der Waals surface area contributed by atoms with Gasteiger partial charge in [0.15, 0.2) is 11.6 Å². The summed E-state index contributed by atoms with van der Waals surface area (Å²) >= 11 is 0. The average molecular weight is 327 g/mol. The predicted molar refractivity (Wildman–Crippen MR) is 78.1 cm³/mol. The minimum absolute atomic E-state index is 0.0619. The van der Waals surface area contributed by atoms with Crippen LogP contribution in [0.4, 0.5) is 8.78 Å². The van der Waals surface area contributed by atoms with Gasteiger partial charge in [0.25, 0.3) is 0 Å². The Morgan fingerprint density at radius 3 is 2.61 bits per heavy atom. The monoisotopic (exact) mass is 327 g/mol. The molecule has 0 unspecified atom stereocenters. The first-order chi connectivity index (χ1) is 10.9. The van der Waals surface area contributed by atoms with Crippen LogP contribution >= 0.6 is 0 Å². The highest BCUT2D eigenvalue weighted by molar-refractivity contribution is 5.78. The van der Waals surface area contributed by atoms with Crippen LogP contribution in [0.1, 0.15) is 38.5 Å². The molecule has 1 aromatic carbocycles. The van der Waals surface area contributed by atoms with Crippen molar-refractivity contribution in [2.24, 2.45) is 0 Å². The molecule has 0 heterocycles. The summed E-state index contributed by atoms with van der Waals surface area (Å²) in [4.78, 5) is 22.7. The molecule has 0 atom stereocenters. The Hall–Kier alpha value is -2.18. The molecule has 0 radical (unpaired) electrons. The van der Waals surface area contributed by atoms with Gasteiger partial charge in [-0.25, -0.2) is 8.78 Å². The SMILES string of the molecule is O=C(O)CC1(NC(=O)CCCOc2ccc(F)cc2F)CCC1. The summed E-state index contributed by atoms with van der Waals surface area (Å²) in [5, 5.41) is 11.7. The highest BCUT2D eigenvalue weighted by Gasteiger charge is 2.40. The van der Waals surface area contributed by atoms with Gasteiger partial charge in [-0.05, 0) is 37.8 Å². The minimum Gasteiger partial charge on any atom is -0.491 e. The van der Waals surface area contributed by atoms with Crippen LogP contribution in [0.5, 0.6) is 5.75 Å². The molecule has 0 spiro atoms. The molecular weight excluding hydrogens is 308 g/mol. The minimum atomic E-state index is -0.930. The predicted octanol–water partition coefficient (Wildman–Crippen LogP) is 2.64. The van der Waals surface area contributed by atoms with Gasteiger partial charge in [0, 0.05) is 12.5 Å². The average Bonchev–Trinajstić information content (AvgIpc) is 2.42. The molecule has 1 saturated carbocycles. The van der Waals surface area contributed by atoms with Gasteiger partial charge in [-0.3, -0.25) is 9.59 Å². The first kappa shape index (κ1) is 17.2. The lowest BCUT2D eigenvalue weighted by molar-refractivity contribution is -0.140. The van der Waals surface area contributed by atoms with Crippen LogP contribution in [-0.4, -0.2) is 29.1 Å². The highest BCUT2D eigenvalue weighted by atomic mass is 19.1. The number of aliphatic carboxylic acids is 1. The van der Waals surface area contributed by atoms with Gasteiger partial charge in [-0.15, -0.1) is 0 Å². The molecule has 1 aromatic rings. The third-order valence-electron chi connectivity index (χ3n) is 3.90. The topological polar surface area (TPSA) is 75.6 Å². The Kier molecular flexibility index (Phi) is 5.52. The molecule has 0 aliphatic heterocycles. The van der Waals surface area contributed by atoms with Crippen molar-refractivity contribution >= 4 is 11.9 Å². The zero-order valence-electron chi connectivity index (χ0n) is 12.6. The first-order valence-corrected chi connectivity index (χ1v) is 7.51. The van der Waals surface area contributed by atoms with Crippen molar-refractivity contribution in [1.29, 1.82) is 0 Å². The van der Waals surface area contributed by atoms with Crippen LogP contribution in [0.25, 0.3) is 0 Å².